The summed E-state index contributed by atoms with van der Waals surface area (Å²) in [7, 11) is 0. The fourth-order valence-electron chi connectivity index (χ4n) is 2.00. The minimum absolute atomic E-state index is 0.0893. The summed E-state index contributed by atoms with van der Waals surface area (Å²) in [5, 5.41) is 11.1. The van der Waals surface area contributed by atoms with Gasteiger partial charge in [-0.3, -0.25) is 10.1 Å². The van der Waals surface area contributed by atoms with Crippen LogP contribution in [-0.2, 0) is 5.41 Å². The van der Waals surface area contributed by atoms with Gasteiger partial charge in [0.2, 0.25) is 6.04 Å². The van der Waals surface area contributed by atoms with Crippen LogP contribution in [0, 0.1) is 10.1 Å². The molecule has 0 saturated heterocycles. The molecule has 1 rings (SSSR count). The van der Waals surface area contributed by atoms with Gasteiger partial charge < -0.3 is 0 Å². The maximum atomic E-state index is 11.1. The average molecular weight is 249 g/mol. The summed E-state index contributed by atoms with van der Waals surface area (Å²) in [5.74, 6) is 0. The Morgan fingerprint density at radius 2 is 1.78 bits per heavy atom. The third kappa shape index (κ3) is 3.83. The maximum Gasteiger partial charge on any atom is 0.238 e. The third-order valence-electron chi connectivity index (χ3n) is 3.25. The highest BCUT2D eigenvalue weighted by molar-refractivity contribution is 5.28. The Bertz CT molecular complexity index is 390. The van der Waals surface area contributed by atoms with Gasteiger partial charge in [-0.25, -0.2) is 0 Å². The third-order valence-corrected chi connectivity index (χ3v) is 3.25. The van der Waals surface area contributed by atoms with Crippen molar-refractivity contribution >= 4 is 0 Å². The lowest BCUT2D eigenvalue weighted by Crippen LogP contribution is -2.13. The molecule has 0 heterocycles. The normalized spacial score (nSPS) is 13.3. The van der Waals surface area contributed by atoms with E-state index in [1.54, 1.807) is 0 Å². The molecule has 1 atom stereocenters. The molecule has 0 aliphatic heterocycles. The highest BCUT2D eigenvalue weighted by atomic mass is 16.6. The van der Waals surface area contributed by atoms with E-state index in [0.717, 1.165) is 18.4 Å². The Kier molecular flexibility index (Phi) is 4.88. The molecule has 3 nitrogen and oxygen atoms in total. The predicted molar refractivity (Wildman–Crippen MR) is 74.4 cm³/mol. The largest absolute Gasteiger partial charge is 0.264 e. The molecule has 0 saturated carbocycles. The van der Waals surface area contributed by atoms with Crippen molar-refractivity contribution in [2.45, 2.75) is 58.4 Å². The van der Waals surface area contributed by atoms with Crippen LogP contribution in [0.4, 0.5) is 0 Å². The summed E-state index contributed by atoms with van der Waals surface area (Å²) in [4.78, 5) is 10.9. The molecule has 0 amide bonds. The topological polar surface area (TPSA) is 43.1 Å². The first kappa shape index (κ1) is 14.7. The molecule has 0 spiro atoms. The van der Waals surface area contributed by atoms with E-state index in [0.29, 0.717) is 6.42 Å². The van der Waals surface area contributed by atoms with Crippen LogP contribution in [-0.4, -0.2) is 4.92 Å². The molecule has 100 valence electrons. The molecular formula is C15H23NO2. The van der Waals surface area contributed by atoms with Crippen LogP contribution in [0.3, 0.4) is 0 Å². The Morgan fingerprint density at radius 3 is 2.17 bits per heavy atom. The lowest BCUT2D eigenvalue weighted by molar-refractivity contribution is -0.530. The number of nitro groups is 1. The van der Waals surface area contributed by atoms with Crippen LogP contribution in [0.1, 0.15) is 64.1 Å². The van der Waals surface area contributed by atoms with Crippen molar-refractivity contribution in [2.24, 2.45) is 0 Å². The van der Waals surface area contributed by atoms with Gasteiger partial charge in [-0.05, 0) is 17.4 Å². The van der Waals surface area contributed by atoms with E-state index < -0.39 is 6.04 Å². The number of unbranched alkanes of at least 4 members (excludes halogenated alkanes) is 1. The first-order chi connectivity index (χ1) is 8.36. The van der Waals surface area contributed by atoms with Gasteiger partial charge in [0.25, 0.3) is 0 Å². The van der Waals surface area contributed by atoms with E-state index in [4.69, 9.17) is 0 Å². The predicted octanol–water partition coefficient (Wildman–Crippen LogP) is 4.49. The monoisotopic (exact) mass is 249 g/mol. The van der Waals surface area contributed by atoms with Crippen molar-refractivity contribution < 1.29 is 4.92 Å². The Labute approximate surface area is 109 Å². The Hall–Kier alpha value is -1.38. The minimum Gasteiger partial charge on any atom is -0.264 e. The summed E-state index contributed by atoms with van der Waals surface area (Å²) < 4.78 is 0. The molecule has 18 heavy (non-hydrogen) atoms. The molecule has 0 bridgehead atoms. The van der Waals surface area contributed by atoms with E-state index in [1.165, 1.54) is 5.56 Å². The summed E-state index contributed by atoms with van der Waals surface area (Å²) in [5.41, 5.74) is 2.12. The average Bonchev–Trinajstić information content (AvgIpc) is 2.28. The number of hydrogen-bond donors (Lipinski definition) is 0. The number of rotatable bonds is 5. The zero-order chi connectivity index (χ0) is 13.8. The second-order valence-corrected chi connectivity index (χ2v) is 5.82. The van der Waals surface area contributed by atoms with E-state index >= 15 is 0 Å². The van der Waals surface area contributed by atoms with E-state index in [9.17, 15) is 10.1 Å². The molecule has 0 radical (unpaired) electrons. The van der Waals surface area contributed by atoms with E-state index in [-0.39, 0.29) is 10.3 Å². The maximum absolute atomic E-state index is 11.1. The summed E-state index contributed by atoms with van der Waals surface area (Å²) in [6, 6.07) is 7.28. The highest BCUT2D eigenvalue weighted by Gasteiger charge is 2.22. The molecule has 0 N–H and O–H groups in total. The molecule has 0 aliphatic carbocycles. The fourth-order valence-corrected chi connectivity index (χ4v) is 2.00. The minimum atomic E-state index is -0.557. The molecule has 0 aromatic heterocycles. The van der Waals surface area contributed by atoms with Gasteiger partial charge in [0.15, 0.2) is 0 Å². The van der Waals surface area contributed by atoms with Gasteiger partial charge in [0.1, 0.15) is 0 Å². The van der Waals surface area contributed by atoms with Crippen molar-refractivity contribution in [3.63, 3.8) is 0 Å². The lowest BCUT2D eigenvalue weighted by Gasteiger charge is -2.19. The Morgan fingerprint density at radius 1 is 1.22 bits per heavy atom. The number of hydrogen-bond acceptors (Lipinski definition) is 2. The smallest absolute Gasteiger partial charge is 0.238 e. The van der Waals surface area contributed by atoms with Gasteiger partial charge in [-0.1, -0.05) is 58.4 Å². The van der Waals surface area contributed by atoms with Crippen molar-refractivity contribution in [1.82, 2.24) is 0 Å². The van der Waals surface area contributed by atoms with Crippen molar-refractivity contribution in [3.8, 4) is 0 Å². The van der Waals surface area contributed by atoms with Crippen LogP contribution in [0.2, 0.25) is 0 Å². The molecular weight excluding hydrogens is 226 g/mol. The number of benzene rings is 1. The molecule has 3 heteroatoms. The highest BCUT2D eigenvalue weighted by Crippen LogP contribution is 2.27. The summed E-state index contributed by atoms with van der Waals surface area (Å²) in [6.07, 6.45) is 2.51. The Balaban J connectivity index is 2.90. The second kappa shape index (κ2) is 5.98. The molecule has 1 aromatic rings. The van der Waals surface area contributed by atoms with Gasteiger partial charge in [0.05, 0.1) is 0 Å². The standard InChI is InChI=1S/C15H23NO2/c1-5-6-7-14(16(17)18)12-8-10-13(11-9-12)15(2,3)4/h8-11,14H,5-7H2,1-4H3. The van der Waals surface area contributed by atoms with Gasteiger partial charge >= 0.3 is 0 Å². The first-order valence-electron chi connectivity index (χ1n) is 6.60. The summed E-state index contributed by atoms with van der Waals surface area (Å²) in [6.45, 7) is 8.48. The molecule has 1 unspecified atom stereocenters. The van der Waals surface area contributed by atoms with Crippen LogP contribution < -0.4 is 0 Å². The van der Waals surface area contributed by atoms with Crippen LogP contribution in [0.25, 0.3) is 0 Å². The van der Waals surface area contributed by atoms with Crippen LogP contribution in [0.5, 0.6) is 0 Å². The first-order valence-corrected chi connectivity index (χ1v) is 6.60. The zero-order valence-electron chi connectivity index (χ0n) is 11.8. The van der Waals surface area contributed by atoms with Gasteiger partial charge in [-0.15, -0.1) is 0 Å². The SMILES string of the molecule is CCCCC(c1ccc(C(C)(C)C)cc1)[N+](=O)[O-]. The van der Waals surface area contributed by atoms with Gasteiger partial charge in [0, 0.05) is 16.9 Å². The van der Waals surface area contributed by atoms with Crippen molar-refractivity contribution in [3.05, 3.63) is 45.5 Å². The van der Waals surface area contributed by atoms with Crippen LogP contribution >= 0.6 is 0 Å². The van der Waals surface area contributed by atoms with E-state index in [1.807, 2.05) is 24.3 Å². The van der Waals surface area contributed by atoms with Crippen LogP contribution in [0.15, 0.2) is 24.3 Å². The lowest BCUT2D eigenvalue weighted by atomic mass is 9.86. The zero-order valence-corrected chi connectivity index (χ0v) is 11.8. The fraction of sp³-hybridized carbons (Fsp3) is 0.600. The van der Waals surface area contributed by atoms with Crippen molar-refractivity contribution in [1.29, 1.82) is 0 Å². The second-order valence-electron chi connectivity index (χ2n) is 5.82. The number of nitrogens with zero attached hydrogens (tertiary/aromatic N) is 1. The summed E-state index contributed by atoms with van der Waals surface area (Å²) >= 11 is 0. The quantitative estimate of drug-likeness (QED) is 0.570. The van der Waals surface area contributed by atoms with Crippen molar-refractivity contribution in [2.75, 3.05) is 0 Å². The molecule has 0 aliphatic rings. The van der Waals surface area contributed by atoms with Gasteiger partial charge in [-0.2, -0.15) is 0 Å². The molecule has 1 aromatic carbocycles. The van der Waals surface area contributed by atoms with E-state index in [2.05, 4.69) is 27.7 Å². The molecule has 0 fully saturated rings.